The molecule has 0 aliphatic carbocycles. The number of oxime groups is 1. The molecule has 0 aromatic rings. The second-order valence-electron chi connectivity index (χ2n) is 4.57. The van der Waals surface area contributed by atoms with E-state index in [1.807, 2.05) is 0 Å². The monoisotopic (exact) mass is 279 g/mol. The number of rotatable bonds is 6. The Morgan fingerprint density at radius 1 is 1.67 bits per heavy atom. The van der Waals surface area contributed by atoms with Crippen LogP contribution in [0.15, 0.2) is 5.16 Å². The lowest BCUT2D eigenvalue weighted by molar-refractivity contribution is 0.126. The highest BCUT2D eigenvalue weighted by Gasteiger charge is 2.29. The molecule has 3 N–H and O–H groups in total. The van der Waals surface area contributed by atoms with Gasteiger partial charge in [0.15, 0.2) is 0 Å². The Labute approximate surface area is 108 Å². The van der Waals surface area contributed by atoms with Crippen LogP contribution >= 0.6 is 0 Å². The van der Waals surface area contributed by atoms with Crippen molar-refractivity contribution in [1.29, 1.82) is 0 Å². The maximum atomic E-state index is 12.1. The zero-order chi connectivity index (χ0) is 13.8. The minimum Gasteiger partial charge on any atom is -0.409 e. The van der Waals surface area contributed by atoms with Crippen molar-refractivity contribution in [2.24, 2.45) is 10.9 Å². The molecule has 8 heteroatoms. The van der Waals surface area contributed by atoms with Crippen molar-refractivity contribution < 1.29 is 18.4 Å². The Kier molecular flexibility index (Phi) is 5.36. The highest BCUT2D eigenvalue weighted by molar-refractivity contribution is 7.89. The third kappa shape index (κ3) is 4.11. The Hall–Kier alpha value is -0.860. The summed E-state index contributed by atoms with van der Waals surface area (Å²) in [5.41, 5.74) is 5.37. The van der Waals surface area contributed by atoms with Crippen molar-refractivity contribution in [1.82, 2.24) is 4.31 Å². The van der Waals surface area contributed by atoms with E-state index in [4.69, 9.17) is 15.7 Å². The topological polar surface area (TPSA) is 105 Å². The van der Waals surface area contributed by atoms with Crippen molar-refractivity contribution in [3.63, 3.8) is 0 Å². The summed E-state index contributed by atoms with van der Waals surface area (Å²) in [7, 11) is -1.88. The summed E-state index contributed by atoms with van der Waals surface area (Å²) in [5.74, 6) is 0.00552. The molecule has 0 bridgehead atoms. The lowest BCUT2D eigenvalue weighted by atomic mass is 10.2. The van der Waals surface area contributed by atoms with Crippen LogP contribution < -0.4 is 5.73 Å². The molecule has 1 aliphatic rings. The maximum Gasteiger partial charge on any atom is 0.216 e. The summed E-state index contributed by atoms with van der Waals surface area (Å²) < 4.78 is 30.8. The quantitative estimate of drug-likeness (QED) is 0.307. The van der Waals surface area contributed by atoms with E-state index in [1.54, 1.807) is 6.92 Å². The van der Waals surface area contributed by atoms with Crippen LogP contribution in [0.5, 0.6) is 0 Å². The van der Waals surface area contributed by atoms with Crippen LogP contribution in [-0.4, -0.2) is 55.3 Å². The number of hydrogen-bond donors (Lipinski definition) is 2. The van der Waals surface area contributed by atoms with Crippen LogP contribution in [0.1, 0.15) is 26.2 Å². The Bertz CT molecular complexity index is 390. The van der Waals surface area contributed by atoms with Gasteiger partial charge in [-0.1, -0.05) is 5.16 Å². The minimum atomic E-state index is -3.38. The second kappa shape index (κ2) is 6.35. The average Bonchev–Trinajstić information content (AvgIpc) is 2.79. The molecule has 18 heavy (non-hydrogen) atoms. The molecule has 2 atom stereocenters. The SMILES string of the molecule is CC(CC(N)=NO)N(C)S(=O)(=O)CC1CCCO1. The molecule has 0 saturated carbocycles. The largest absolute Gasteiger partial charge is 0.409 e. The first kappa shape index (κ1) is 15.2. The predicted octanol–water partition coefficient (Wildman–Crippen LogP) is -0.0480. The molecule has 1 aliphatic heterocycles. The van der Waals surface area contributed by atoms with Crippen LogP contribution in [0, 0.1) is 0 Å². The average molecular weight is 279 g/mol. The fourth-order valence-corrected chi connectivity index (χ4v) is 3.47. The van der Waals surface area contributed by atoms with Gasteiger partial charge in [0.2, 0.25) is 10.0 Å². The first-order chi connectivity index (χ1) is 8.36. The number of nitrogens with two attached hydrogens (primary N) is 1. The van der Waals surface area contributed by atoms with E-state index in [2.05, 4.69) is 5.16 Å². The van der Waals surface area contributed by atoms with Crippen LogP contribution in [0.4, 0.5) is 0 Å². The number of hydrogen-bond acceptors (Lipinski definition) is 5. The van der Waals surface area contributed by atoms with Gasteiger partial charge in [0.25, 0.3) is 0 Å². The van der Waals surface area contributed by atoms with Gasteiger partial charge in [-0.3, -0.25) is 0 Å². The highest BCUT2D eigenvalue weighted by atomic mass is 32.2. The number of ether oxygens (including phenoxy) is 1. The van der Waals surface area contributed by atoms with Gasteiger partial charge in [-0.25, -0.2) is 12.7 Å². The molecule has 1 fully saturated rings. The third-order valence-electron chi connectivity index (χ3n) is 3.11. The van der Waals surface area contributed by atoms with E-state index in [0.717, 1.165) is 12.8 Å². The molecule has 106 valence electrons. The predicted molar refractivity (Wildman–Crippen MR) is 68.0 cm³/mol. The number of amidine groups is 1. The van der Waals surface area contributed by atoms with Crippen molar-refractivity contribution in [3.8, 4) is 0 Å². The zero-order valence-corrected chi connectivity index (χ0v) is 11.6. The second-order valence-corrected chi connectivity index (χ2v) is 6.65. The molecule has 2 unspecified atom stereocenters. The lowest BCUT2D eigenvalue weighted by Crippen LogP contribution is -2.41. The van der Waals surface area contributed by atoms with E-state index in [0.29, 0.717) is 6.61 Å². The summed E-state index contributed by atoms with van der Waals surface area (Å²) in [4.78, 5) is 0. The van der Waals surface area contributed by atoms with Gasteiger partial charge in [-0.15, -0.1) is 0 Å². The summed E-state index contributed by atoms with van der Waals surface area (Å²) in [6.45, 7) is 2.34. The van der Waals surface area contributed by atoms with Gasteiger partial charge in [0, 0.05) is 26.1 Å². The van der Waals surface area contributed by atoms with Crippen LogP contribution in [0.2, 0.25) is 0 Å². The minimum absolute atomic E-state index is 0.00991. The van der Waals surface area contributed by atoms with E-state index >= 15 is 0 Å². The Morgan fingerprint density at radius 2 is 2.33 bits per heavy atom. The normalized spacial score (nSPS) is 23.5. The number of nitrogens with zero attached hydrogens (tertiary/aromatic N) is 2. The Balaban J connectivity index is 2.59. The highest BCUT2D eigenvalue weighted by Crippen LogP contribution is 2.17. The van der Waals surface area contributed by atoms with Crippen LogP contribution in [0.25, 0.3) is 0 Å². The van der Waals surface area contributed by atoms with Crippen molar-refractivity contribution in [2.75, 3.05) is 19.4 Å². The maximum absolute atomic E-state index is 12.1. The van der Waals surface area contributed by atoms with Crippen LogP contribution in [-0.2, 0) is 14.8 Å². The van der Waals surface area contributed by atoms with Gasteiger partial charge in [-0.05, 0) is 19.8 Å². The zero-order valence-electron chi connectivity index (χ0n) is 10.7. The first-order valence-corrected chi connectivity index (χ1v) is 7.51. The standard InChI is InChI=1S/C10H21N3O4S/c1-8(6-10(11)12-14)13(2)18(15,16)7-9-4-3-5-17-9/h8-9,14H,3-7H2,1-2H3,(H2,11,12). The van der Waals surface area contributed by atoms with E-state index in [-0.39, 0.29) is 30.2 Å². The molecule has 1 saturated heterocycles. The summed E-state index contributed by atoms with van der Waals surface area (Å²) in [6, 6.07) is -0.354. The molecular weight excluding hydrogens is 258 g/mol. The van der Waals surface area contributed by atoms with Gasteiger partial charge >= 0.3 is 0 Å². The summed E-state index contributed by atoms with van der Waals surface area (Å²) in [5, 5.41) is 11.3. The smallest absolute Gasteiger partial charge is 0.216 e. The molecular formula is C10H21N3O4S. The molecule has 1 rings (SSSR count). The van der Waals surface area contributed by atoms with Gasteiger partial charge < -0.3 is 15.7 Å². The fraction of sp³-hybridized carbons (Fsp3) is 0.900. The van der Waals surface area contributed by atoms with Gasteiger partial charge in [0.05, 0.1) is 11.9 Å². The first-order valence-electron chi connectivity index (χ1n) is 5.90. The third-order valence-corrected chi connectivity index (χ3v) is 5.14. The van der Waals surface area contributed by atoms with E-state index in [9.17, 15) is 8.42 Å². The molecule has 1 heterocycles. The molecule has 0 spiro atoms. The molecule has 0 aromatic carbocycles. The molecule has 0 amide bonds. The van der Waals surface area contributed by atoms with Gasteiger partial charge in [-0.2, -0.15) is 0 Å². The molecule has 0 radical (unpaired) electrons. The van der Waals surface area contributed by atoms with Crippen molar-refractivity contribution in [3.05, 3.63) is 0 Å². The molecule has 7 nitrogen and oxygen atoms in total. The van der Waals surface area contributed by atoms with Crippen LogP contribution in [0.3, 0.4) is 0 Å². The van der Waals surface area contributed by atoms with Crippen molar-refractivity contribution >= 4 is 15.9 Å². The number of sulfonamides is 1. The Morgan fingerprint density at radius 3 is 2.83 bits per heavy atom. The molecule has 0 aromatic heterocycles. The van der Waals surface area contributed by atoms with E-state index in [1.165, 1.54) is 11.4 Å². The van der Waals surface area contributed by atoms with Gasteiger partial charge in [0.1, 0.15) is 5.84 Å². The lowest BCUT2D eigenvalue weighted by Gasteiger charge is -2.25. The fourth-order valence-electron chi connectivity index (χ4n) is 1.87. The van der Waals surface area contributed by atoms with E-state index < -0.39 is 10.0 Å². The summed E-state index contributed by atoms with van der Waals surface area (Å²) in [6.07, 6.45) is 1.66. The summed E-state index contributed by atoms with van der Waals surface area (Å²) >= 11 is 0. The van der Waals surface area contributed by atoms with Crippen molar-refractivity contribution in [2.45, 2.75) is 38.3 Å².